The lowest BCUT2D eigenvalue weighted by Crippen LogP contribution is -2.66. The number of thiocarbonyl (C=S) groups is 1. The smallest absolute Gasteiger partial charge is 0.334 e. The van der Waals surface area contributed by atoms with Gasteiger partial charge in [0.2, 0.25) is 0 Å². The minimum atomic E-state index is -1.29. The molecule has 2 atom stereocenters. The van der Waals surface area contributed by atoms with Crippen molar-refractivity contribution in [2.75, 3.05) is 14.2 Å². The molecule has 0 bridgehead atoms. The third-order valence-corrected chi connectivity index (χ3v) is 3.12. The van der Waals surface area contributed by atoms with Crippen molar-refractivity contribution >= 4 is 29.3 Å². The van der Waals surface area contributed by atoms with Crippen molar-refractivity contribution < 1.29 is 19.1 Å². The van der Waals surface area contributed by atoms with Gasteiger partial charge < -0.3 is 20.1 Å². The van der Waals surface area contributed by atoms with Gasteiger partial charge in [0, 0.05) is 0 Å². The minimum Gasteiger partial charge on any atom is -0.467 e. The first kappa shape index (κ1) is 12.7. The van der Waals surface area contributed by atoms with Gasteiger partial charge in [-0.3, -0.25) is 0 Å². The largest absolute Gasteiger partial charge is 0.467 e. The van der Waals surface area contributed by atoms with Crippen LogP contribution in [0.25, 0.3) is 0 Å². The van der Waals surface area contributed by atoms with Crippen LogP contribution in [0.1, 0.15) is 13.8 Å². The molecule has 1 aliphatic rings. The number of hydrogen-bond acceptors (Lipinski definition) is 5. The molecule has 1 heterocycles. The number of hydrogen-bond donors (Lipinski definition) is 2. The summed E-state index contributed by atoms with van der Waals surface area (Å²) in [5.74, 6) is -1.18. The van der Waals surface area contributed by atoms with E-state index in [4.69, 9.17) is 12.2 Å². The van der Waals surface area contributed by atoms with Gasteiger partial charge in [-0.15, -0.1) is 0 Å². The average Bonchev–Trinajstić information content (AvgIpc) is 2.49. The molecule has 1 fully saturated rings. The maximum absolute atomic E-state index is 11.7. The van der Waals surface area contributed by atoms with Crippen LogP contribution in [0.4, 0.5) is 0 Å². The molecule has 0 unspecified atom stereocenters. The highest BCUT2D eigenvalue weighted by molar-refractivity contribution is 7.80. The van der Waals surface area contributed by atoms with Crippen molar-refractivity contribution in [3.05, 3.63) is 0 Å². The molecule has 0 spiro atoms. The van der Waals surface area contributed by atoms with Crippen molar-refractivity contribution in [1.29, 1.82) is 0 Å². The van der Waals surface area contributed by atoms with Gasteiger partial charge in [0.15, 0.2) is 16.2 Å². The normalized spacial score (nSPS) is 32.6. The van der Waals surface area contributed by atoms with E-state index in [9.17, 15) is 9.59 Å². The zero-order valence-corrected chi connectivity index (χ0v) is 10.4. The molecule has 1 saturated heterocycles. The molecule has 0 aliphatic carbocycles. The zero-order chi connectivity index (χ0) is 12.6. The molecule has 90 valence electrons. The number of rotatable bonds is 2. The van der Waals surface area contributed by atoms with Crippen molar-refractivity contribution in [2.45, 2.75) is 24.9 Å². The lowest BCUT2D eigenvalue weighted by atomic mass is 9.81. The Hall–Kier alpha value is -1.37. The summed E-state index contributed by atoms with van der Waals surface area (Å²) in [6, 6.07) is 0. The van der Waals surface area contributed by atoms with Crippen LogP contribution >= 0.6 is 12.2 Å². The molecule has 1 aliphatic heterocycles. The Morgan fingerprint density at radius 3 is 1.62 bits per heavy atom. The lowest BCUT2D eigenvalue weighted by Gasteiger charge is -2.34. The summed E-state index contributed by atoms with van der Waals surface area (Å²) in [6.07, 6.45) is 0. The van der Waals surface area contributed by atoms with E-state index >= 15 is 0 Å². The fourth-order valence-electron chi connectivity index (χ4n) is 1.65. The van der Waals surface area contributed by atoms with E-state index in [-0.39, 0.29) is 5.11 Å². The molecular weight excluding hydrogens is 232 g/mol. The summed E-state index contributed by atoms with van der Waals surface area (Å²) in [7, 11) is 2.49. The van der Waals surface area contributed by atoms with Crippen LogP contribution in [0, 0.1) is 0 Å². The SMILES string of the molecule is COC(=O)[C@@]1(C)NC(=S)N[C@]1(C)C(=O)OC. The zero-order valence-electron chi connectivity index (χ0n) is 9.54. The summed E-state index contributed by atoms with van der Waals surface area (Å²) in [5, 5.41) is 5.67. The van der Waals surface area contributed by atoms with Crippen molar-refractivity contribution in [2.24, 2.45) is 0 Å². The standard InChI is InChI=1S/C9H14N2O4S/c1-8(5(12)14-3)9(2,6(13)15-4)11-7(16)10-8/h1-4H3,(H2,10,11,16)/t8-,9-/m1/s1. The van der Waals surface area contributed by atoms with Gasteiger partial charge in [-0.05, 0) is 26.1 Å². The topological polar surface area (TPSA) is 76.7 Å². The molecule has 1 rings (SSSR count). The van der Waals surface area contributed by atoms with E-state index in [0.717, 1.165) is 0 Å². The Morgan fingerprint density at radius 1 is 1.06 bits per heavy atom. The maximum atomic E-state index is 11.7. The number of carbonyl (C=O) groups excluding carboxylic acids is 2. The number of esters is 2. The molecule has 7 heteroatoms. The van der Waals surface area contributed by atoms with Crippen LogP contribution in [-0.2, 0) is 19.1 Å². The van der Waals surface area contributed by atoms with Gasteiger partial charge in [0.05, 0.1) is 14.2 Å². The molecule has 0 amide bonds. The Kier molecular flexibility index (Phi) is 3.09. The van der Waals surface area contributed by atoms with Gasteiger partial charge in [-0.25, -0.2) is 9.59 Å². The van der Waals surface area contributed by atoms with Crippen molar-refractivity contribution in [3.8, 4) is 0 Å². The first-order valence-corrected chi connectivity index (χ1v) is 5.00. The minimum absolute atomic E-state index is 0.209. The molecular formula is C9H14N2O4S. The fourth-order valence-corrected chi connectivity index (χ4v) is 2.06. The van der Waals surface area contributed by atoms with Crippen molar-refractivity contribution in [3.63, 3.8) is 0 Å². The van der Waals surface area contributed by atoms with E-state index in [1.165, 1.54) is 28.1 Å². The number of nitrogens with one attached hydrogen (secondary N) is 2. The van der Waals surface area contributed by atoms with Gasteiger partial charge >= 0.3 is 11.9 Å². The highest BCUT2D eigenvalue weighted by Gasteiger charge is 2.62. The second kappa shape index (κ2) is 3.89. The molecule has 0 aromatic rings. The summed E-state index contributed by atoms with van der Waals surface area (Å²) in [5.41, 5.74) is -2.57. The van der Waals surface area contributed by atoms with E-state index < -0.39 is 23.0 Å². The van der Waals surface area contributed by atoms with E-state index in [2.05, 4.69) is 20.1 Å². The fraction of sp³-hybridized carbons (Fsp3) is 0.667. The number of carbonyl (C=O) groups is 2. The number of methoxy groups -OCH3 is 2. The third kappa shape index (κ3) is 1.51. The predicted octanol–water partition coefficient (Wildman–Crippen LogP) is -0.672. The van der Waals surface area contributed by atoms with Gasteiger partial charge in [0.1, 0.15) is 0 Å². The first-order valence-electron chi connectivity index (χ1n) is 4.59. The quantitative estimate of drug-likeness (QED) is 0.494. The third-order valence-electron chi connectivity index (χ3n) is 2.91. The molecule has 0 aromatic carbocycles. The molecule has 6 nitrogen and oxygen atoms in total. The Balaban J connectivity index is 3.21. The molecule has 0 saturated carbocycles. The van der Waals surface area contributed by atoms with Gasteiger partial charge in [-0.1, -0.05) is 0 Å². The summed E-state index contributed by atoms with van der Waals surface area (Å²) in [6.45, 7) is 3.06. The highest BCUT2D eigenvalue weighted by Crippen LogP contribution is 2.29. The van der Waals surface area contributed by atoms with Gasteiger partial charge in [-0.2, -0.15) is 0 Å². The summed E-state index contributed by atoms with van der Waals surface area (Å²) >= 11 is 4.91. The van der Waals surface area contributed by atoms with E-state index in [1.54, 1.807) is 0 Å². The average molecular weight is 246 g/mol. The van der Waals surface area contributed by atoms with E-state index in [1.807, 2.05) is 0 Å². The van der Waals surface area contributed by atoms with Crippen LogP contribution in [0.2, 0.25) is 0 Å². The van der Waals surface area contributed by atoms with Crippen LogP contribution in [0.3, 0.4) is 0 Å². The predicted molar refractivity (Wildman–Crippen MR) is 59.7 cm³/mol. The monoisotopic (exact) mass is 246 g/mol. The lowest BCUT2D eigenvalue weighted by molar-refractivity contribution is -0.160. The van der Waals surface area contributed by atoms with Crippen LogP contribution in [0.5, 0.6) is 0 Å². The molecule has 0 radical (unpaired) electrons. The van der Waals surface area contributed by atoms with Crippen LogP contribution < -0.4 is 10.6 Å². The van der Waals surface area contributed by atoms with Gasteiger partial charge in [0.25, 0.3) is 0 Å². The maximum Gasteiger partial charge on any atom is 0.334 e. The highest BCUT2D eigenvalue weighted by atomic mass is 32.1. The van der Waals surface area contributed by atoms with Crippen LogP contribution in [0.15, 0.2) is 0 Å². The van der Waals surface area contributed by atoms with Crippen molar-refractivity contribution in [1.82, 2.24) is 10.6 Å². The van der Waals surface area contributed by atoms with Crippen LogP contribution in [-0.4, -0.2) is 42.3 Å². The first-order chi connectivity index (χ1) is 7.31. The second-order valence-corrected chi connectivity index (χ2v) is 4.22. The summed E-state index contributed by atoms with van der Waals surface area (Å²) in [4.78, 5) is 23.5. The second-order valence-electron chi connectivity index (χ2n) is 3.81. The molecule has 0 aromatic heterocycles. The Labute approximate surface area is 98.7 Å². The molecule has 16 heavy (non-hydrogen) atoms. The Bertz CT molecular complexity index is 327. The number of ether oxygens (including phenoxy) is 2. The van der Waals surface area contributed by atoms with E-state index in [0.29, 0.717) is 0 Å². The summed E-state index contributed by atoms with van der Waals surface area (Å²) < 4.78 is 9.33. The molecule has 2 N–H and O–H groups in total. The Morgan fingerprint density at radius 2 is 1.38 bits per heavy atom.